The lowest BCUT2D eigenvalue weighted by Crippen LogP contribution is -2.18. The van der Waals surface area contributed by atoms with Crippen molar-refractivity contribution < 1.29 is 21.6 Å². The van der Waals surface area contributed by atoms with Gasteiger partial charge < -0.3 is 4.57 Å². The van der Waals surface area contributed by atoms with Crippen LogP contribution in [-0.4, -0.2) is 30.0 Å². The lowest BCUT2D eigenvalue weighted by Gasteiger charge is -2.12. The molecule has 0 aliphatic heterocycles. The number of hydrogen-bond donors (Lipinski definition) is 1. The highest BCUT2D eigenvalue weighted by atomic mass is 32.2. The molecule has 6 nitrogen and oxygen atoms in total. The first-order valence-electron chi connectivity index (χ1n) is 9.13. The van der Waals surface area contributed by atoms with Gasteiger partial charge in [0.1, 0.15) is 0 Å². The summed E-state index contributed by atoms with van der Waals surface area (Å²) in [4.78, 5) is 8.45. The van der Waals surface area contributed by atoms with Gasteiger partial charge in [-0.05, 0) is 50.7 Å². The number of sulfonamides is 1. The molecule has 0 amide bonds. The van der Waals surface area contributed by atoms with E-state index in [1.165, 1.54) is 19.2 Å². The Hall–Kier alpha value is -2.72. The summed E-state index contributed by atoms with van der Waals surface area (Å²) in [6.45, 7) is 3.95. The van der Waals surface area contributed by atoms with Crippen molar-refractivity contribution in [2.45, 2.75) is 37.4 Å². The molecule has 2 heterocycles. The lowest BCUT2D eigenvalue weighted by atomic mass is 10.00. The van der Waals surface area contributed by atoms with E-state index >= 15 is 0 Å². The molecule has 0 unspecified atom stereocenters. The lowest BCUT2D eigenvalue weighted by molar-refractivity contribution is -0.137. The quantitative estimate of drug-likeness (QED) is 0.630. The van der Waals surface area contributed by atoms with Gasteiger partial charge in [0.05, 0.1) is 22.5 Å². The highest BCUT2D eigenvalue weighted by Gasteiger charge is 2.30. The summed E-state index contributed by atoms with van der Waals surface area (Å²) in [5.41, 5.74) is 1.10. The molecule has 2 aromatic heterocycles. The molecule has 0 aliphatic rings. The Kier molecular flexibility index (Phi) is 6.00. The van der Waals surface area contributed by atoms with Gasteiger partial charge in [-0.2, -0.15) is 13.2 Å². The van der Waals surface area contributed by atoms with Gasteiger partial charge in [-0.3, -0.25) is 4.98 Å². The maximum absolute atomic E-state index is 13.0. The van der Waals surface area contributed by atoms with Crippen molar-refractivity contribution in [3.63, 3.8) is 0 Å². The van der Waals surface area contributed by atoms with E-state index in [1.54, 1.807) is 18.6 Å². The molecule has 1 N–H and O–H groups in total. The smallest absolute Gasteiger partial charge is 0.334 e. The number of nitrogens with one attached hydrogen (secondary N) is 1. The minimum atomic E-state index is -4.47. The van der Waals surface area contributed by atoms with E-state index in [-0.39, 0.29) is 23.1 Å². The summed E-state index contributed by atoms with van der Waals surface area (Å²) in [5.74, 6) is 0. The van der Waals surface area contributed by atoms with E-state index in [1.807, 2.05) is 18.4 Å². The van der Waals surface area contributed by atoms with E-state index < -0.39 is 21.8 Å². The predicted octanol–water partition coefficient (Wildman–Crippen LogP) is 4.04. The Morgan fingerprint density at radius 1 is 1.13 bits per heavy atom. The summed E-state index contributed by atoms with van der Waals surface area (Å²) >= 11 is 0. The molecule has 0 saturated heterocycles. The molecule has 0 radical (unpaired) electrons. The maximum Gasteiger partial charge on any atom is 0.416 e. The third-order valence-electron chi connectivity index (χ3n) is 4.65. The zero-order chi connectivity index (χ0) is 22.1. The molecule has 3 rings (SSSR count). The molecule has 30 heavy (non-hydrogen) atoms. The zero-order valence-electron chi connectivity index (χ0n) is 16.6. The molecule has 0 spiro atoms. The van der Waals surface area contributed by atoms with Crippen LogP contribution in [0.2, 0.25) is 0 Å². The van der Waals surface area contributed by atoms with E-state index in [2.05, 4.69) is 14.7 Å². The van der Waals surface area contributed by atoms with Crippen molar-refractivity contribution in [2.75, 3.05) is 7.05 Å². The number of halogens is 3. The summed E-state index contributed by atoms with van der Waals surface area (Å²) in [6, 6.07) is 6.52. The molecule has 160 valence electrons. The number of benzene rings is 1. The first-order valence-corrected chi connectivity index (χ1v) is 10.6. The first kappa shape index (κ1) is 22.0. The third-order valence-corrected chi connectivity index (χ3v) is 6.06. The van der Waals surface area contributed by atoms with Crippen molar-refractivity contribution in [3.8, 4) is 11.3 Å². The standard InChI is InChI=1S/C20H21F3N4O2S/c1-13(2)27-11-19(26-12-27)18-10-17(30(28,29)24-3)5-4-14(18)8-16-9-15(6-7-25-16)20(21,22)23/h4-7,9-13,24H,8H2,1-3H3. The number of imidazole rings is 1. The Morgan fingerprint density at radius 2 is 1.87 bits per heavy atom. The van der Waals surface area contributed by atoms with Crippen LogP contribution >= 0.6 is 0 Å². The monoisotopic (exact) mass is 438 g/mol. The average Bonchev–Trinajstić information content (AvgIpc) is 3.18. The Morgan fingerprint density at radius 3 is 2.47 bits per heavy atom. The van der Waals surface area contributed by atoms with Gasteiger partial charge in [0, 0.05) is 36.1 Å². The van der Waals surface area contributed by atoms with Gasteiger partial charge >= 0.3 is 6.18 Å². The van der Waals surface area contributed by atoms with Crippen LogP contribution < -0.4 is 4.72 Å². The van der Waals surface area contributed by atoms with Crippen LogP contribution in [0.25, 0.3) is 11.3 Å². The zero-order valence-corrected chi connectivity index (χ0v) is 17.4. The SMILES string of the molecule is CNS(=O)(=O)c1ccc(Cc2cc(C(F)(F)F)ccn2)c(-c2cn(C(C)C)cn2)c1. The largest absolute Gasteiger partial charge is 0.416 e. The molecule has 10 heteroatoms. The second kappa shape index (κ2) is 8.19. The molecule has 0 fully saturated rings. The highest BCUT2D eigenvalue weighted by Crippen LogP contribution is 2.31. The van der Waals surface area contributed by atoms with Gasteiger partial charge in [-0.1, -0.05) is 6.07 Å². The van der Waals surface area contributed by atoms with Crippen molar-refractivity contribution in [1.29, 1.82) is 0 Å². The summed E-state index contributed by atoms with van der Waals surface area (Å²) in [5, 5.41) is 0. The number of alkyl halides is 3. The fourth-order valence-corrected chi connectivity index (χ4v) is 3.69. The topological polar surface area (TPSA) is 76.9 Å². The molecule has 3 aromatic rings. The van der Waals surface area contributed by atoms with Crippen LogP contribution in [0.3, 0.4) is 0 Å². The fraction of sp³-hybridized carbons (Fsp3) is 0.300. The Labute approximate surface area is 172 Å². The predicted molar refractivity (Wildman–Crippen MR) is 106 cm³/mol. The van der Waals surface area contributed by atoms with Gasteiger partial charge in [0.15, 0.2) is 0 Å². The van der Waals surface area contributed by atoms with Crippen molar-refractivity contribution >= 4 is 10.0 Å². The van der Waals surface area contributed by atoms with Gasteiger partial charge in [0.25, 0.3) is 0 Å². The molecule has 0 bridgehead atoms. The van der Waals surface area contributed by atoms with Crippen LogP contribution in [0.5, 0.6) is 0 Å². The molecule has 0 saturated carbocycles. The Bertz CT molecular complexity index is 1150. The second-order valence-corrected chi connectivity index (χ2v) is 8.92. The number of nitrogens with zero attached hydrogens (tertiary/aromatic N) is 3. The van der Waals surface area contributed by atoms with E-state index in [0.29, 0.717) is 16.8 Å². The first-order chi connectivity index (χ1) is 14.0. The minimum absolute atomic E-state index is 0.0415. The number of rotatable bonds is 6. The third kappa shape index (κ3) is 4.71. The van der Waals surface area contributed by atoms with Crippen LogP contribution in [-0.2, 0) is 22.6 Å². The molecule has 1 aromatic carbocycles. The van der Waals surface area contributed by atoms with Crippen LogP contribution in [0.1, 0.15) is 36.7 Å². The number of pyridine rings is 1. The van der Waals surface area contributed by atoms with Gasteiger partial charge in [-0.25, -0.2) is 18.1 Å². The molecule has 0 atom stereocenters. The number of hydrogen-bond acceptors (Lipinski definition) is 4. The van der Waals surface area contributed by atoms with E-state index in [9.17, 15) is 21.6 Å². The molecular formula is C20H21F3N4O2S. The van der Waals surface area contributed by atoms with Crippen molar-refractivity contribution in [3.05, 3.63) is 65.9 Å². The Balaban J connectivity index is 2.09. The van der Waals surface area contributed by atoms with Gasteiger partial charge in [-0.15, -0.1) is 0 Å². The maximum atomic E-state index is 13.0. The fourth-order valence-electron chi connectivity index (χ4n) is 2.94. The normalized spacial score (nSPS) is 12.5. The van der Waals surface area contributed by atoms with E-state index in [0.717, 1.165) is 18.3 Å². The average molecular weight is 438 g/mol. The van der Waals surface area contributed by atoms with E-state index in [4.69, 9.17) is 0 Å². The highest BCUT2D eigenvalue weighted by molar-refractivity contribution is 7.89. The summed E-state index contributed by atoms with van der Waals surface area (Å²) in [6.07, 6.45) is 0.143. The van der Waals surface area contributed by atoms with Crippen molar-refractivity contribution in [2.24, 2.45) is 0 Å². The summed E-state index contributed by atoms with van der Waals surface area (Å²) in [7, 11) is -2.39. The van der Waals surface area contributed by atoms with Gasteiger partial charge in [0.2, 0.25) is 10.0 Å². The van der Waals surface area contributed by atoms with Crippen LogP contribution in [0, 0.1) is 0 Å². The van der Waals surface area contributed by atoms with Crippen molar-refractivity contribution in [1.82, 2.24) is 19.3 Å². The second-order valence-electron chi connectivity index (χ2n) is 7.04. The minimum Gasteiger partial charge on any atom is -0.334 e. The van der Waals surface area contributed by atoms with Crippen LogP contribution in [0.4, 0.5) is 13.2 Å². The molecule has 0 aliphatic carbocycles. The molecular weight excluding hydrogens is 417 g/mol. The summed E-state index contributed by atoms with van der Waals surface area (Å²) < 4.78 is 67.7. The number of aromatic nitrogens is 3. The van der Waals surface area contributed by atoms with Crippen LogP contribution in [0.15, 0.2) is 53.9 Å².